The van der Waals surface area contributed by atoms with Crippen LogP contribution in [0.5, 0.6) is 5.75 Å². The molecular weight excluding hydrogens is 354 g/mol. The predicted octanol–water partition coefficient (Wildman–Crippen LogP) is 4.37. The summed E-state index contributed by atoms with van der Waals surface area (Å²) in [5.74, 6) is -0.0144. The number of para-hydroxylation sites is 1. The Morgan fingerprint density at radius 2 is 1.64 bits per heavy atom. The number of benzene rings is 3. The molecule has 0 atom stereocenters. The Hall–Kier alpha value is -3.60. The molecule has 3 aromatic rings. The highest BCUT2D eigenvalue weighted by molar-refractivity contribution is 6.04. The Balaban J connectivity index is 1.46. The normalized spacial score (nSPS) is 10.2. The summed E-state index contributed by atoms with van der Waals surface area (Å²) in [5, 5.41) is 2.82. The van der Waals surface area contributed by atoms with E-state index in [0.29, 0.717) is 11.3 Å². The lowest BCUT2D eigenvalue weighted by molar-refractivity contribution is -0.147. The van der Waals surface area contributed by atoms with E-state index < -0.39 is 5.97 Å². The molecule has 142 valence electrons. The number of esters is 1. The fourth-order valence-electron chi connectivity index (χ4n) is 2.53. The molecule has 0 radical (unpaired) electrons. The van der Waals surface area contributed by atoms with Crippen molar-refractivity contribution in [3.63, 3.8) is 0 Å². The second-order valence-electron chi connectivity index (χ2n) is 6.28. The molecule has 0 saturated heterocycles. The van der Waals surface area contributed by atoms with Crippen LogP contribution in [0.3, 0.4) is 0 Å². The zero-order chi connectivity index (χ0) is 19.8. The van der Waals surface area contributed by atoms with Gasteiger partial charge in [0.05, 0.1) is 0 Å². The molecule has 0 saturated carbocycles. The maximum absolute atomic E-state index is 12.2. The maximum atomic E-state index is 12.2. The van der Waals surface area contributed by atoms with Crippen molar-refractivity contribution in [2.45, 2.75) is 13.5 Å². The Kier molecular flexibility index (Phi) is 6.41. The summed E-state index contributed by atoms with van der Waals surface area (Å²) in [6.07, 6.45) is 0. The van der Waals surface area contributed by atoms with Crippen LogP contribution in [-0.2, 0) is 16.1 Å². The summed E-state index contributed by atoms with van der Waals surface area (Å²) in [5.41, 5.74) is 3.11. The van der Waals surface area contributed by atoms with Crippen LogP contribution in [-0.4, -0.2) is 18.5 Å². The lowest BCUT2D eigenvalue weighted by Crippen LogP contribution is -2.15. The van der Waals surface area contributed by atoms with Crippen LogP contribution in [0.4, 0.5) is 5.69 Å². The van der Waals surface area contributed by atoms with Gasteiger partial charge in [0.2, 0.25) is 0 Å². The molecule has 0 unspecified atom stereocenters. The molecule has 3 rings (SSSR count). The number of amides is 1. The van der Waals surface area contributed by atoms with E-state index in [2.05, 4.69) is 5.32 Å². The smallest absolute Gasteiger partial charge is 0.344 e. The Morgan fingerprint density at radius 1 is 0.893 bits per heavy atom. The number of anilines is 1. The monoisotopic (exact) mass is 375 g/mol. The van der Waals surface area contributed by atoms with Crippen molar-refractivity contribution in [3.05, 3.63) is 95.6 Å². The molecule has 0 aliphatic heterocycles. The van der Waals surface area contributed by atoms with Crippen molar-refractivity contribution in [2.75, 3.05) is 11.9 Å². The van der Waals surface area contributed by atoms with E-state index in [1.165, 1.54) is 0 Å². The highest BCUT2D eigenvalue weighted by Gasteiger charge is 2.08. The maximum Gasteiger partial charge on any atom is 0.344 e. The van der Waals surface area contributed by atoms with Crippen molar-refractivity contribution in [1.82, 2.24) is 0 Å². The summed E-state index contributed by atoms with van der Waals surface area (Å²) in [4.78, 5) is 24.1. The molecule has 0 fully saturated rings. The first kappa shape index (κ1) is 19.2. The van der Waals surface area contributed by atoms with Gasteiger partial charge in [-0.15, -0.1) is 0 Å². The van der Waals surface area contributed by atoms with E-state index in [0.717, 1.165) is 16.8 Å². The van der Waals surface area contributed by atoms with Crippen LogP contribution in [0.2, 0.25) is 0 Å². The van der Waals surface area contributed by atoms with Gasteiger partial charge in [0.15, 0.2) is 6.61 Å². The van der Waals surface area contributed by atoms with Crippen LogP contribution >= 0.6 is 0 Å². The van der Waals surface area contributed by atoms with Crippen molar-refractivity contribution in [1.29, 1.82) is 0 Å². The number of rotatable bonds is 7. The number of aryl methyl sites for hydroxylation is 1. The van der Waals surface area contributed by atoms with E-state index in [1.807, 2.05) is 55.5 Å². The quantitative estimate of drug-likeness (QED) is 0.623. The average Bonchev–Trinajstić information content (AvgIpc) is 2.72. The molecule has 5 heteroatoms. The number of nitrogens with one attached hydrogen (secondary N) is 1. The number of hydrogen-bond acceptors (Lipinski definition) is 4. The molecule has 0 heterocycles. The summed E-state index contributed by atoms with van der Waals surface area (Å²) >= 11 is 0. The van der Waals surface area contributed by atoms with Gasteiger partial charge in [0.25, 0.3) is 5.91 Å². The molecule has 0 spiro atoms. The summed E-state index contributed by atoms with van der Waals surface area (Å²) in [6.45, 7) is 1.92. The highest BCUT2D eigenvalue weighted by atomic mass is 16.6. The van der Waals surface area contributed by atoms with E-state index >= 15 is 0 Å². The third-order valence-corrected chi connectivity index (χ3v) is 3.99. The zero-order valence-electron chi connectivity index (χ0n) is 15.6. The molecule has 5 nitrogen and oxygen atoms in total. The van der Waals surface area contributed by atoms with Gasteiger partial charge in [0.1, 0.15) is 12.4 Å². The van der Waals surface area contributed by atoms with Gasteiger partial charge in [-0.3, -0.25) is 4.79 Å². The molecule has 0 aliphatic carbocycles. The first-order valence-corrected chi connectivity index (χ1v) is 8.90. The molecule has 0 aromatic heterocycles. The molecule has 1 amide bonds. The van der Waals surface area contributed by atoms with Gasteiger partial charge in [-0.25, -0.2) is 4.79 Å². The van der Waals surface area contributed by atoms with Crippen molar-refractivity contribution in [3.8, 4) is 5.75 Å². The van der Waals surface area contributed by atoms with E-state index in [9.17, 15) is 9.59 Å². The minimum Gasteiger partial charge on any atom is -0.482 e. The minimum atomic E-state index is -0.451. The topological polar surface area (TPSA) is 64.6 Å². The first-order valence-electron chi connectivity index (χ1n) is 8.90. The predicted molar refractivity (Wildman–Crippen MR) is 107 cm³/mol. The largest absolute Gasteiger partial charge is 0.482 e. The van der Waals surface area contributed by atoms with Crippen LogP contribution < -0.4 is 10.1 Å². The van der Waals surface area contributed by atoms with Crippen molar-refractivity contribution >= 4 is 17.6 Å². The van der Waals surface area contributed by atoms with Gasteiger partial charge in [0, 0.05) is 11.3 Å². The third kappa shape index (κ3) is 5.71. The fourth-order valence-corrected chi connectivity index (χ4v) is 2.53. The third-order valence-electron chi connectivity index (χ3n) is 3.99. The van der Waals surface area contributed by atoms with Crippen LogP contribution in [0.25, 0.3) is 0 Å². The molecular formula is C23H21NO4. The second-order valence-corrected chi connectivity index (χ2v) is 6.28. The summed E-state index contributed by atoms with van der Waals surface area (Å²) in [7, 11) is 0. The Morgan fingerprint density at radius 3 is 2.36 bits per heavy atom. The Bertz CT molecular complexity index is 936. The lowest BCUT2D eigenvalue weighted by atomic mass is 10.1. The summed E-state index contributed by atoms with van der Waals surface area (Å²) < 4.78 is 10.6. The fraction of sp³-hybridized carbons (Fsp3) is 0.130. The lowest BCUT2D eigenvalue weighted by Gasteiger charge is -2.08. The molecule has 3 aromatic carbocycles. The highest BCUT2D eigenvalue weighted by Crippen LogP contribution is 2.13. The molecule has 0 aliphatic rings. The molecule has 1 N–H and O–H groups in total. The Labute approximate surface area is 163 Å². The average molecular weight is 375 g/mol. The standard InChI is InChI=1S/C23H21NO4/c1-17-6-5-9-21(14-17)27-16-22(25)28-15-18-10-12-19(13-11-18)23(26)24-20-7-3-2-4-8-20/h2-14H,15-16H2,1H3,(H,24,26). The van der Waals surface area contributed by atoms with Crippen LogP contribution in [0, 0.1) is 6.92 Å². The molecule has 28 heavy (non-hydrogen) atoms. The van der Waals surface area contributed by atoms with Gasteiger partial charge >= 0.3 is 5.97 Å². The second kappa shape index (κ2) is 9.37. The van der Waals surface area contributed by atoms with E-state index in [-0.39, 0.29) is 19.1 Å². The van der Waals surface area contributed by atoms with E-state index in [4.69, 9.17) is 9.47 Å². The van der Waals surface area contributed by atoms with Crippen LogP contribution in [0.15, 0.2) is 78.9 Å². The zero-order valence-corrected chi connectivity index (χ0v) is 15.6. The number of hydrogen-bond donors (Lipinski definition) is 1. The number of carbonyl (C=O) groups is 2. The van der Waals surface area contributed by atoms with Crippen LogP contribution in [0.1, 0.15) is 21.5 Å². The molecule has 0 bridgehead atoms. The van der Waals surface area contributed by atoms with E-state index in [1.54, 1.807) is 30.3 Å². The van der Waals surface area contributed by atoms with Gasteiger partial charge in [-0.2, -0.15) is 0 Å². The van der Waals surface area contributed by atoms with Gasteiger partial charge in [-0.1, -0.05) is 42.5 Å². The first-order chi connectivity index (χ1) is 13.6. The SMILES string of the molecule is Cc1cccc(OCC(=O)OCc2ccc(C(=O)Nc3ccccc3)cc2)c1. The minimum absolute atomic E-state index is 0.122. The van der Waals surface area contributed by atoms with Crippen molar-refractivity contribution in [2.24, 2.45) is 0 Å². The summed E-state index contributed by atoms with van der Waals surface area (Å²) in [6, 6.07) is 23.6. The number of ether oxygens (including phenoxy) is 2. The van der Waals surface area contributed by atoms with Gasteiger partial charge < -0.3 is 14.8 Å². The van der Waals surface area contributed by atoms with Crippen molar-refractivity contribution < 1.29 is 19.1 Å². The van der Waals surface area contributed by atoms with Gasteiger partial charge in [-0.05, 0) is 54.4 Å². The number of carbonyl (C=O) groups excluding carboxylic acids is 2.